The molecule has 0 aliphatic carbocycles. The number of ether oxygens (including phenoxy) is 1. The van der Waals surface area contributed by atoms with Crippen LogP contribution >= 0.6 is 0 Å². The highest BCUT2D eigenvalue weighted by Gasteiger charge is 2.27. The monoisotopic (exact) mass is 353 g/mol. The summed E-state index contributed by atoms with van der Waals surface area (Å²) in [6, 6.07) is 11.4. The lowest BCUT2D eigenvalue weighted by atomic mass is 10.1. The zero-order valence-electron chi connectivity index (χ0n) is 13.9. The van der Waals surface area contributed by atoms with E-state index < -0.39 is 5.82 Å². The summed E-state index contributed by atoms with van der Waals surface area (Å²) >= 11 is 0. The highest BCUT2D eigenvalue weighted by molar-refractivity contribution is 5.94. The molecule has 0 radical (unpaired) electrons. The van der Waals surface area contributed by atoms with Crippen molar-refractivity contribution in [1.82, 2.24) is 24.9 Å². The lowest BCUT2D eigenvalue weighted by Crippen LogP contribution is -2.39. The number of hydrogen-bond donors (Lipinski definition) is 0. The van der Waals surface area contributed by atoms with Crippen LogP contribution in [0.25, 0.3) is 0 Å². The molecule has 0 saturated heterocycles. The molecular weight excluding hydrogens is 337 g/mol. The minimum Gasteiger partial charge on any atom is -0.471 e. The van der Waals surface area contributed by atoms with Gasteiger partial charge in [-0.05, 0) is 18.2 Å². The van der Waals surface area contributed by atoms with Crippen molar-refractivity contribution >= 4 is 5.91 Å². The number of aromatic nitrogens is 4. The minimum absolute atomic E-state index is 0.0692. The Morgan fingerprint density at radius 1 is 1.15 bits per heavy atom. The molecule has 26 heavy (non-hydrogen) atoms. The molecule has 1 amide bonds. The number of fused-ring (bicyclic) bond motifs is 1. The normalized spacial score (nSPS) is 13.3. The van der Waals surface area contributed by atoms with E-state index in [1.807, 2.05) is 6.07 Å². The van der Waals surface area contributed by atoms with Gasteiger partial charge in [0.15, 0.2) is 0 Å². The standard InChI is InChI=1S/C18H16FN5O2/c19-14-6-2-1-5-13(14)18(25)23-9-10-24-16(11-23)15(21-22-24)12-26-17-7-3-4-8-20-17/h1-8H,9-12H2. The van der Waals surface area contributed by atoms with E-state index in [0.717, 1.165) is 5.69 Å². The Hall–Kier alpha value is -3.29. The summed E-state index contributed by atoms with van der Waals surface area (Å²) in [4.78, 5) is 18.3. The summed E-state index contributed by atoms with van der Waals surface area (Å²) in [5, 5.41) is 8.25. The summed E-state index contributed by atoms with van der Waals surface area (Å²) in [6.07, 6.45) is 1.64. The second kappa shape index (κ2) is 6.91. The van der Waals surface area contributed by atoms with E-state index in [0.29, 0.717) is 31.2 Å². The molecule has 0 spiro atoms. The Balaban J connectivity index is 1.50. The van der Waals surface area contributed by atoms with E-state index in [1.54, 1.807) is 40.0 Å². The molecule has 4 rings (SSSR count). The number of hydrogen-bond acceptors (Lipinski definition) is 5. The number of rotatable bonds is 4. The molecule has 0 saturated carbocycles. The van der Waals surface area contributed by atoms with Crippen molar-refractivity contribution in [3.8, 4) is 5.88 Å². The van der Waals surface area contributed by atoms with Crippen molar-refractivity contribution in [3.05, 3.63) is 71.4 Å². The van der Waals surface area contributed by atoms with Gasteiger partial charge in [0, 0.05) is 18.8 Å². The molecule has 8 heteroatoms. The van der Waals surface area contributed by atoms with E-state index in [1.165, 1.54) is 12.1 Å². The Kier molecular flexibility index (Phi) is 4.30. The van der Waals surface area contributed by atoms with Crippen LogP contribution in [0.1, 0.15) is 21.7 Å². The van der Waals surface area contributed by atoms with Crippen LogP contribution in [0.4, 0.5) is 4.39 Å². The molecule has 2 aromatic heterocycles. The smallest absolute Gasteiger partial charge is 0.257 e. The molecule has 3 heterocycles. The van der Waals surface area contributed by atoms with Gasteiger partial charge in [-0.3, -0.25) is 4.79 Å². The van der Waals surface area contributed by atoms with Gasteiger partial charge in [0.25, 0.3) is 5.91 Å². The van der Waals surface area contributed by atoms with Gasteiger partial charge in [0.05, 0.1) is 24.3 Å². The average Bonchev–Trinajstić information content (AvgIpc) is 3.09. The van der Waals surface area contributed by atoms with Crippen LogP contribution in [0, 0.1) is 5.82 Å². The van der Waals surface area contributed by atoms with Gasteiger partial charge in [-0.15, -0.1) is 5.10 Å². The number of carbonyl (C=O) groups is 1. The number of pyridine rings is 1. The second-order valence-corrected chi connectivity index (χ2v) is 5.87. The second-order valence-electron chi connectivity index (χ2n) is 5.87. The molecule has 7 nitrogen and oxygen atoms in total. The highest BCUT2D eigenvalue weighted by Crippen LogP contribution is 2.19. The first-order chi connectivity index (χ1) is 12.7. The fourth-order valence-corrected chi connectivity index (χ4v) is 2.86. The third kappa shape index (κ3) is 3.13. The lowest BCUT2D eigenvalue weighted by molar-refractivity contribution is 0.0699. The van der Waals surface area contributed by atoms with E-state index >= 15 is 0 Å². The molecule has 0 atom stereocenters. The maximum absolute atomic E-state index is 13.9. The van der Waals surface area contributed by atoms with E-state index in [9.17, 15) is 9.18 Å². The predicted molar refractivity (Wildman–Crippen MR) is 89.7 cm³/mol. The van der Waals surface area contributed by atoms with Crippen LogP contribution in [0.3, 0.4) is 0 Å². The van der Waals surface area contributed by atoms with Gasteiger partial charge < -0.3 is 9.64 Å². The third-order valence-electron chi connectivity index (χ3n) is 4.23. The summed E-state index contributed by atoms with van der Waals surface area (Å²) in [5.41, 5.74) is 1.50. The van der Waals surface area contributed by atoms with Crippen LogP contribution in [0.2, 0.25) is 0 Å². The van der Waals surface area contributed by atoms with E-state index in [2.05, 4.69) is 15.3 Å². The topological polar surface area (TPSA) is 73.1 Å². The quantitative estimate of drug-likeness (QED) is 0.718. The summed E-state index contributed by atoms with van der Waals surface area (Å²) in [7, 11) is 0. The average molecular weight is 353 g/mol. The van der Waals surface area contributed by atoms with Crippen LogP contribution in [0.5, 0.6) is 5.88 Å². The zero-order chi connectivity index (χ0) is 17.9. The van der Waals surface area contributed by atoms with Crippen molar-refractivity contribution in [2.75, 3.05) is 6.54 Å². The fourth-order valence-electron chi connectivity index (χ4n) is 2.86. The van der Waals surface area contributed by atoms with Gasteiger partial charge in [0.1, 0.15) is 18.1 Å². The number of amides is 1. The van der Waals surface area contributed by atoms with Gasteiger partial charge in [-0.25, -0.2) is 14.1 Å². The van der Waals surface area contributed by atoms with Gasteiger partial charge >= 0.3 is 0 Å². The Morgan fingerprint density at radius 2 is 2.00 bits per heavy atom. The Morgan fingerprint density at radius 3 is 2.81 bits per heavy atom. The highest BCUT2D eigenvalue weighted by atomic mass is 19.1. The first-order valence-corrected chi connectivity index (χ1v) is 8.21. The van der Waals surface area contributed by atoms with Crippen LogP contribution < -0.4 is 4.74 Å². The van der Waals surface area contributed by atoms with E-state index in [-0.39, 0.29) is 18.1 Å². The lowest BCUT2D eigenvalue weighted by Gasteiger charge is -2.28. The van der Waals surface area contributed by atoms with Crippen LogP contribution in [-0.2, 0) is 19.7 Å². The molecule has 0 N–H and O–H groups in total. The predicted octanol–water partition coefficient (Wildman–Crippen LogP) is 2.05. The van der Waals surface area contributed by atoms with Crippen LogP contribution in [0.15, 0.2) is 48.7 Å². The largest absolute Gasteiger partial charge is 0.471 e. The number of halogens is 1. The molecule has 0 bridgehead atoms. The maximum atomic E-state index is 13.9. The van der Waals surface area contributed by atoms with Crippen molar-refractivity contribution in [2.45, 2.75) is 19.7 Å². The molecule has 1 aromatic carbocycles. The Bertz CT molecular complexity index is 928. The Labute approximate surface area is 149 Å². The van der Waals surface area contributed by atoms with Crippen molar-refractivity contribution < 1.29 is 13.9 Å². The molecule has 1 aliphatic heterocycles. The number of nitrogens with zero attached hydrogens (tertiary/aromatic N) is 5. The zero-order valence-corrected chi connectivity index (χ0v) is 13.9. The van der Waals surface area contributed by atoms with Crippen molar-refractivity contribution in [1.29, 1.82) is 0 Å². The fraction of sp³-hybridized carbons (Fsp3) is 0.222. The number of carbonyl (C=O) groups excluding carboxylic acids is 1. The summed E-state index contributed by atoms with van der Waals surface area (Å²) < 4.78 is 21.3. The SMILES string of the molecule is O=C(c1ccccc1F)N1CCn2nnc(COc3ccccn3)c2C1. The van der Waals surface area contributed by atoms with Crippen molar-refractivity contribution in [2.24, 2.45) is 0 Å². The first kappa shape index (κ1) is 16.2. The molecule has 132 valence electrons. The van der Waals surface area contributed by atoms with Crippen LogP contribution in [-0.4, -0.2) is 37.3 Å². The molecular formula is C18H16FN5O2. The summed E-state index contributed by atoms with van der Waals surface area (Å²) in [6.45, 7) is 1.46. The van der Waals surface area contributed by atoms with Gasteiger partial charge in [-0.1, -0.05) is 23.4 Å². The summed E-state index contributed by atoms with van der Waals surface area (Å²) in [5.74, 6) is -0.370. The maximum Gasteiger partial charge on any atom is 0.257 e. The first-order valence-electron chi connectivity index (χ1n) is 8.21. The molecule has 0 unspecified atom stereocenters. The number of benzene rings is 1. The third-order valence-corrected chi connectivity index (χ3v) is 4.23. The van der Waals surface area contributed by atoms with Gasteiger partial charge in [0.2, 0.25) is 5.88 Å². The van der Waals surface area contributed by atoms with E-state index in [4.69, 9.17) is 4.74 Å². The molecule has 3 aromatic rings. The minimum atomic E-state index is -0.520. The van der Waals surface area contributed by atoms with Gasteiger partial charge in [-0.2, -0.15) is 0 Å². The molecule has 1 aliphatic rings. The molecule has 0 fully saturated rings. The van der Waals surface area contributed by atoms with Crippen molar-refractivity contribution in [3.63, 3.8) is 0 Å².